The zero-order valence-electron chi connectivity index (χ0n) is 12.2. The number of pyridine rings is 1. The lowest BCUT2D eigenvalue weighted by atomic mass is 10.0. The second-order valence-electron chi connectivity index (χ2n) is 5.05. The summed E-state index contributed by atoms with van der Waals surface area (Å²) in [5.74, 6) is 1.29. The molecule has 1 aromatic carbocycles. The Labute approximate surface area is 124 Å². The van der Waals surface area contributed by atoms with E-state index in [-0.39, 0.29) is 5.84 Å². The molecule has 5 nitrogen and oxygen atoms in total. The molecule has 3 N–H and O–H groups in total. The number of amidine groups is 1. The largest absolute Gasteiger partial charge is 0.489 e. The fraction of sp³-hybridized carbons (Fsp3) is 0.250. The third kappa shape index (κ3) is 3.95. The minimum Gasteiger partial charge on any atom is -0.489 e. The molecule has 0 spiro atoms. The van der Waals surface area contributed by atoms with E-state index in [9.17, 15) is 0 Å². The molecule has 21 heavy (non-hydrogen) atoms. The zero-order chi connectivity index (χ0) is 15.2. The molecule has 0 aliphatic rings. The first kappa shape index (κ1) is 14.8. The average molecular weight is 285 g/mol. The van der Waals surface area contributed by atoms with Crippen LogP contribution in [-0.4, -0.2) is 16.0 Å². The predicted octanol–water partition coefficient (Wildman–Crippen LogP) is 2.88. The summed E-state index contributed by atoms with van der Waals surface area (Å²) in [6.07, 6.45) is 1.61. The van der Waals surface area contributed by atoms with E-state index in [0.717, 1.165) is 11.3 Å². The van der Waals surface area contributed by atoms with Crippen molar-refractivity contribution in [2.75, 3.05) is 0 Å². The molecule has 0 fully saturated rings. The van der Waals surface area contributed by atoms with Gasteiger partial charge in [-0.25, -0.2) is 0 Å². The first-order valence-corrected chi connectivity index (χ1v) is 6.75. The summed E-state index contributed by atoms with van der Waals surface area (Å²) in [7, 11) is 0. The van der Waals surface area contributed by atoms with Crippen LogP contribution in [0.3, 0.4) is 0 Å². The van der Waals surface area contributed by atoms with Crippen molar-refractivity contribution in [1.82, 2.24) is 4.98 Å². The second-order valence-corrected chi connectivity index (χ2v) is 5.05. The molecular formula is C16H19N3O2. The molecule has 2 rings (SSSR count). The molecule has 1 aromatic heterocycles. The zero-order valence-corrected chi connectivity index (χ0v) is 12.2. The molecule has 0 saturated heterocycles. The van der Waals surface area contributed by atoms with Crippen molar-refractivity contribution in [3.8, 4) is 5.75 Å². The number of oxime groups is 1. The SMILES string of the molecule is CC(C)c1ccc(OCc2ccnc(C(N)=NO)c2)cc1. The Kier molecular flexibility index (Phi) is 4.77. The van der Waals surface area contributed by atoms with Crippen LogP contribution in [0.2, 0.25) is 0 Å². The van der Waals surface area contributed by atoms with Crippen LogP contribution in [-0.2, 0) is 6.61 Å². The first-order chi connectivity index (χ1) is 10.1. The number of aromatic nitrogens is 1. The lowest BCUT2D eigenvalue weighted by Crippen LogP contribution is -2.15. The Hall–Kier alpha value is -2.56. The number of benzene rings is 1. The van der Waals surface area contributed by atoms with Crippen molar-refractivity contribution < 1.29 is 9.94 Å². The van der Waals surface area contributed by atoms with Gasteiger partial charge in [-0.15, -0.1) is 0 Å². The predicted molar refractivity (Wildman–Crippen MR) is 81.6 cm³/mol. The van der Waals surface area contributed by atoms with E-state index in [1.165, 1.54) is 5.56 Å². The number of nitrogens with two attached hydrogens (primary N) is 1. The fourth-order valence-electron chi connectivity index (χ4n) is 1.87. The summed E-state index contributed by atoms with van der Waals surface area (Å²) in [4.78, 5) is 4.02. The van der Waals surface area contributed by atoms with Crippen LogP contribution in [0.25, 0.3) is 0 Å². The maximum Gasteiger partial charge on any atom is 0.188 e. The summed E-state index contributed by atoms with van der Waals surface area (Å²) >= 11 is 0. The highest BCUT2D eigenvalue weighted by atomic mass is 16.5. The average Bonchev–Trinajstić information content (AvgIpc) is 2.52. The van der Waals surface area contributed by atoms with E-state index < -0.39 is 0 Å². The third-order valence-corrected chi connectivity index (χ3v) is 3.15. The van der Waals surface area contributed by atoms with Gasteiger partial charge in [0.05, 0.1) is 0 Å². The van der Waals surface area contributed by atoms with Gasteiger partial charge in [-0.3, -0.25) is 4.98 Å². The van der Waals surface area contributed by atoms with E-state index in [1.54, 1.807) is 12.3 Å². The van der Waals surface area contributed by atoms with E-state index in [2.05, 4.69) is 36.1 Å². The van der Waals surface area contributed by atoms with Crippen LogP contribution in [0.5, 0.6) is 5.75 Å². The highest BCUT2D eigenvalue weighted by Crippen LogP contribution is 2.19. The lowest BCUT2D eigenvalue weighted by molar-refractivity contribution is 0.306. The molecule has 0 aliphatic heterocycles. The molecule has 0 amide bonds. The van der Waals surface area contributed by atoms with Gasteiger partial charge in [0.2, 0.25) is 0 Å². The minimum atomic E-state index is -0.0156. The maximum absolute atomic E-state index is 8.65. The molecule has 5 heteroatoms. The van der Waals surface area contributed by atoms with Crippen LogP contribution in [0, 0.1) is 0 Å². The molecule has 0 unspecified atom stereocenters. The van der Waals surface area contributed by atoms with Gasteiger partial charge >= 0.3 is 0 Å². The van der Waals surface area contributed by atoms with Crippen LogP contribution in [0.4, 0.5) is 0 Å². The van der Waals surface area contributed by atoms with Gasteiger partial charge in [-0.2, -0.15) is 0 Å². The number of nitrogens with zero attached hydrogens (tertiary/aromatic N) is 2. The summed E-state index contributed by atoms with van der Waals surface area (Å²) in [5, 5.41) is 11.6. The summed E-state index contributed by atoms with van der Waals surface area (Å²) in [6, 6.07) is 11.6. The standard InChI is InChI=1S/C16H19N3O2/c1-11(2)13-3-5-14(6-4-13)21-10-12-7-8-18-15(9-12)16(17)19-20/h3-9,11,20H,10H2,1-2H3,(H2,17,19). The molecular weight excluding hydrogens is 266 g/mol. The number of hydrogen-bond donors (Lipinski definition) is 2. The highest BCUT2D eigenvalue weighted by molar-refractivity contribution is 5.95. The van der Waals surface area contributed by atoms with E-state index >= 15 is 0 Å². The normalized spacial score (nSPS) is 11.7. The highest BCUT2D eigenvalue weighted by Gasteiger charge is 2.04. The first-order valence-electron chi connectivity index (χ1n) is 6.75. The maximum atomic E-state index is 8.65. The molecule has 0 atom stereocenters. The van der Waals surface area contributed by atoms with Gasteiger partial charge in [0, 0.05) is 6.20 Å². The Morgan fingerprint density at radius 3 is 2.62 bits per heavy atom. The van der Waals surface area contributed by atoms with Gasteiger partial charge in [-0.1, -0.05) is 31.1 Å². The molecule has 1 heterocycles. The molecule has 2 aromatic rings. The Morgan fingerprint density at radius 2 is 2.00 bits per heavy atom. The minimum absolute atomic E-state index is 0.0156. The van der Waals surface area contributed by atoms with Gasteiger partial charge < -0.3 is 15.7 Å². The molecule has 110 valence electrons. The Bertz CT molecular complexity index is 622. The molecule has 0 saturated carbocycles. The third-order valence-electron chi connectivity index (χ3n) is 3.15. The van der Waals surface area contributed by atoms with Crippen LogP contribution in [0.1, 0.15) is 36.6 Å². The Morgan fingerprint density at radius 1 is 1.29 bits per heavy atom. The van der Waals surface area contributed by atoms with Crippen molar-refractivity contribution in [3.05, 3.63) is 59.4 Å². The summed E-state index contributed by atoms with van der Waals surface area (Å²) in [6.45, 7) is 4.71. The fourth-order valence-corrected chi connectivity index (χ4v) is 1.87. The van der Waals surface area contributed by atoms with Gasteiger partial charge in [0.25, 0.3) is 0 Å². The van der Waals surface area contributed by atoms with Crippen molar-refractivity contribution in [2.45, 2.75) is 26.4 Å². The van der Waals surface area contributed by atoms with Gasteiger partial charge in [0.1, 0.15) is 18.1 Å². The molecule has 0 radical (unpaired) electrons. The summed E-state index contributed by atoms with van der Waals surface area (Å²) < 4.78 is 5.72. The van der Waals surface area contributed by atoms with E-state index in [0.29, 0.717) is 18.2 Å². The van der Waals surface area contributed by atoms with Gasteiger partial charge in [0.15, 0.2) is 5.84 Å². The van der Waals surface area contributed by atoms with Gasteiger partial charge in [-0.05, 0) is 41.3 Å². The molecule has 0 bridgehead atoms. The monoisotopic (exact) mass is 285 g/mol. The van der Waals surface area contributed by atoms with Crippen molar-refractivity contribution in [1.29, 1.82) is 0 Å². The molecule has 0 aliphatic carbocycles. The van der Waals surface area contributed by atoms with Crippen LogP contribution < -0.4 is 10.5 Å². The number of ether oxygens (including phenoxy) is 1. The van der Waals surface area contributed by atoms with Crippen molar-refractivity contribution >= 4 is 5.84 Å². The Balaban J connectivity index is 2.03. The van der Waals surface area contributed by atoms with E-state index in [4.69, 9.17) is 15.7 Å². The summed E-state index contributed by atoms with van der Waals surface area (Å²) in [5.41, 5.74) is 8.12. The quantitative estimate of drug-likeness (QED) is 0.383. The van der Waals surface area contributed by atoms with E-state index in [1.807, 2.05) is 18.2 Å². The smallest absolute Gasteiger partial charge is 0.188 e. The van der Waals surface area contributed by atoms with Crippen molar-refractivity contribution in [3.63, 3.8) is 0 Å². The van der Waals surface area contributed by atoms with Crippen molar-refractivity contribution in [2.24, 2.45) is 10.9 Å². The lowest BCUT2D eigenvalue weighted by Gasteiger charge is -2.09. The topological polar surface area (TPSA) is 80.7 Å². The van der Waals surface area contributed by atoms with Crippen LogP contribution >= 0.6 is 0 Å². The number of rotatable bonds is 5. The number of hydrogen-bond acceptors (Lipinski definition) is 4. The second kappa shape index (κ2) is 6.74. The van der Waals surface area contributed by atoms with Crippen LogP contribution in [0.15, 0.2) is 47.8 Å².